The molecule has 0 radical (unpaired) electrons. The van der Waals surface area contributed by atoms with E-state index in [4.69, 9.17) is 28.0 Å². The lowest BCUT2D eigenvalue weighted by atomic mass is 10.1. The van der Waals surface area contributed by atoms with Crippen LogP contribution in [-0.2, 0) is 6.42 Å². The van der Waals surface area contributed by atoms with Gasteiger partial charge in [0.2, 0.25) is 0 Å². The lowest BCUT2D eigenvalue weighted by molar-refractivity contribution is 0.411. The fourth-order valence-electron chi connectivity index (χ4n) is 1.99. The summed E-state index contributed by atoms with van der Waals surface area (Å²) in [5.74, 6) is 1.15. The molecule has 2 aromatic rings. The average molecular weight is 324 g/mol. The predicted octanol–water partition coefficient (Wildman–Crippen LogP) is 2.86. The van der Waals surface area contributed by atoms with E-state index in [-0.39, 0.29) is 5.11 Å². The summed E-state index contributed by atoms with van der Waals surface area (Å²) < 4.78 is 5.28. The summed E-state index contributed by atoms with van der Waals surface area (Å²) in [5.41, 5.74) is 8.23. The molecule has 0 heterocycles. The van der Waals surface area contributed by atoms with E-state index in [0.717, 1.165) is 17.0 Å². The highest BCUT2D eigenvalue weighted by molar-refractivity contribution is 7.80. The van der Waals surface area contributed by atoms with Gasteiger partial charge in [0.05, 0.1) is 18.7 Å². The summed E-state index contributed by atoms with van der Waals surface area (Å²) in [6.07, 6.45) is 0.444. The quantitative estimate of drug-likeness (QED) is 0.513. The minimum Gasteiger partial charge on any atom is -0.496 e. The monoisotopic (exact) mass is 324 g/mol. The van der Waals surface area contributed by atoms with E-state index in [9.17, 15) is 0 Å². The fourth-order valence-corrected chi connectivity index (χ4v) is 2.23. The van der Waals surface area contributed by atoms with Crippen LogP contribution in [0.25, 0.3) is 0 Å². The Hall–Kier alpha value is -2.91. The molecule has 2 aromatic carbocycles. The predicted molar refractivity (Wildman–Crippen MR) is 95.7 cm³/mol. The van der Waals surface area contributed by atoms with Crippen molar-refractivity contribution in [1.29, 1.82) is 5.26 Å². The minimum absolute atomic E-state index is 0.266. The van der Waals surface area contributed by atoms with Crippen LogP contribution in [0.3, 0.4) is 0 Å². The van der Waals surface area contributed by atoms with E-state index in [2.05, 4.69) is 16.4 Å². The van der Waals surface area contributed by atoms with Crippen molar-refractivity contribution >= 4 is 28.9 Å². The highest BCUT2D eigenvalue weighted by atomic mass is 32.1. The van der Waals surface area contributed by atoms with Crippen LogP contribution in [0.5, 0.6) is 5.75 Å². The second-order valence-electron chi connectivity index (χ2n) is 4.71. The number of hydrogen-bond acceptors (Lipinski definition) is 3. The number of para-hydroxylation sites is 1. The fraction of sp³-hybridized carbons (Fsp3) is 0.118. The molecule has 0 aliphatic carbocycles. The third kappa shape index (κ3) is 4.80. The summed E-state index contributed by atoms with van der Waals surface area (Å²) in [4.78, 5) is 4.18. The van der Waals surface area contributed by atoms with E-state index < -0.39 is 0 Å². The number of anilines is 1. The maximum Gasteiger partial charge on any atom is 0.198 e. The number of benzene rings is 2. The number of nitriles is 1. The Balaban J connectivity index is 2.02. The largest absolute Gasteiger partial charge is 0.496 e. The maximum atomic E-state index is 8.77. The number of nitrogens with two attached hydrogens (primary N) is 1. The van der Waals surface area contributed by atoms with Gasteiger partial charge < -0.3 is 15.8 Å². The number of ether oxygens (including phenoxy) is 1. The molecule has 0 spiro atoms. The zero-order chi connectivity index (χ0) is 16.7. The van der Waals surface area contributed by atoms with Gasteiger partial charge in [-0.2, -0.15) is 5.26 Å². The van der Waals surface area contributed by atoms with Gasteiger partial charge >= 0.3 is 0 Å². The van der Waals surface area contributed by atoms with Crippen molar-refractivity contribution in [2.45, 2.75) is 6.42 Å². The van der Waals surface area contributed by atoms with Gasteiger partial charge in [-0.25, -0.2) is 4.99 Å². The lowest BCUT2D eigenvalue weighted by Crippen LogP contribution is -2.19. The van der Waals surface area contributed by atoms with Gasteiger partial charge in [-0.05, 0) is 42.5 Å². The molecular formula is C17H16N4OS. The molecule has 116 valence electrons. The van der Waals surface area contributed by atoms with Crippen LogP contribution >= 0.6 is 12.2 Å². The van der Waals surface area contributed by atoms with Gasteiger partial charge in [0.25, 0.3) is 0 Å². The minimum atomic E-state index is 0.266. The second kappa shape index (κ2) is 7.92. The Labute approximate surface area is 140 Å². The van der Waals surface area contributed by atoms with Crippen LogP contribution in [0.4, 0.5) is 5.69 Å². The SMILES string of the molecule is COc1ccccc1CC(N)=NC(=S)Nc1ccc(C#N)cc1. The Morgan fingerprint density at radius 2 is 1.96 bits per heavy atom. The van der Waals surface area contributed by atoms with Gasteiger partial charge in [-0.3, -0.25) is 0 Å². The molecule has 0 aliphatic heterocycles. The third-order valence-corrected chi connectivity index (χ3v) is 3.27. The molecule has 0 atom stereocenters. The van der Waals surface area contributed by atoms with Crippen molar-refractivity contribution in [3.63, 3.8) is 0 Å². The normalized spacial score (nSPS) is 10.7. The standard InChI is InChI=1S/C17H16N4OS/c1-22-15-5-3-2-4-13(15)10-16(19)21-17(23)20-14-8-6-12(11-18)7-9-14/h2-9H,10H2,1H3,(H3,19,20,21,23). The Morgan fingerprint density at radius 3 is 2.61 bits per heavy atom. The first-order valence-corrected chi connectivity index (χ1v) is 7.29. The number of methoxy groups -OCH3 is 1. The molecule has 5 nitrogen and oxygen atoms in total. The Kier molecular flexibility index (Phi) is 5.67. The highest BCUT2D eigenvalue weighted by Crippen LogP contribution is 2.17. The third-order valence-electron chi connectivity index (χ3n) is 3.07. The summed E-state index contributed by atoms with van der Waals surface area (Å²) in [7, 11) is 1.61. The summed E-state index contributed by atoms with van der Waals surface area (Å²) in [6, 6.07) is 16.6. The van der Waals surface area contributed by atoms with Crippen molar-refractivity contribution in [3.05, 3.63) is 59.7 Å². The summed E-state index contributed by atoms with van der Waals surface area (Å²) in [5, 5.41) is 12.0. The van der Waals surface area contributed by atoms with Crippen LogP contribution in [0.15, 0.2) is 53.5 Å². The molecular weight excluding hydrogens is 308 g/mol. The first-order valence-electron chi connectivity index (χ1n) is 6.88. The van der Waals surface area contributed by atoms with Crippen molar-refractivity contribution in [1.82, 2.24) is 0 Å². The van der Waals surface area contributed by atoms with Crippen LogP contribution in [0, 0.1) is 11.3 Å². The summed E-state index contributed by atoms with van der Waals surface area (Å²) >= 11 is 5.18. The number of amidine groups is 1. The Morgan fingerprint density at radius 1 is 1.26 bits per heavy atom. The lowest BCUT2D eigenvalue weighted by Gasteiger charge is -2.08. The molecule has 0 saturated heterocycles. The zero-order valence-electron chi connectivity index (χ0n) is 12.6. The number of thiocarbonyl (C=S) groups is 1. The first kappa shape index (κ1) is 16.5. The van der Waals surface area contributed by atoms with E-state index in [1.165, 1.54) is 0 Å². The number of rotatable bonds is 4. The van der Waals surface area contributed by atoms with Crippen molar-refractivity contribution < 1.29 is 4.74 Å². The van der Waals surface area contributed by atoms with Gasteiger partial charge in [-0.1, -0.05) is 18.2 Å². The van der Waals surface area contributed by atoms with Crippen LogP contribution in [0.2, 0.25) is 0 Å². The van der Waals surface area contributed by atoms with Gasteiger partial charge in [0.1, 0.15) is 11.6 Å². The van der Waals surface area contributed by atoms with Crippen molar-refractivity contribution in [2.75, 3.05) is 12.4 Å². The molecule has 0 amide bonds. The number of nitrogens with zero attached hydrogens (tertiary/aromatic N) is 2. The van der Waals surface area contributed by atoms with Crippen molar-refractivity contribution in [2.24, 2.45) is 10.7 Å². The van der Waals surface area contributed by atoms with Crippen LogP contribution in [0.1, 0.15) is 11.1 Å². The molecule has 0 aromatic heterocycles. The summed E-state index contributed by atoms with van der Waals surface area (Å²) in [6.45, 7) is 0. The van der Waals surface area contributed by atoms with E-state index in [1.807, 2.05) is 24.3 Å². The van der Waals surface area contributed by atoms with Crippen molar-refractivity contribution in [3.8, 4) is 11.8 Å². The number of hydrogen-bond donors (Lipinski definition) is 2. The van der Waals surface area contributed by atoms with E-state index in [1.54, 1.807) is 31.4 Å². The number of nitrogens with one attached hydrogen (secondary N) is 1. The molecule has 6 heteroatoms. The average Bonchev–Trinajstić information content (AvgIpc) is 2.55. The highest BCUT2D eigenvalue weighted by Gasteiger charge is 2.05. The van der Waals surface area contributed by atoms with Gasteiger partial charge in [0, 0.05) is 17.7 Å². The first-order chi connectivity index (χ1) is 11.1. The molecule has 0 unspecified atom stereocenters. The molecule has 0 saturated carbocycles. The molecule has 23 heavy (non-hydrogen) atoms. The van der Waals surface area contributed by atoms with Gasteiger partial charge in [-0.15, -0.1) is 0 Å². The topological polar surface area (TPSA) is 83.4 Å². The van der Waals surface area contributed by atoms with Crippen LogP contribution in [-0.4, -0.2) is 18.1 Å². The van der Waals surface area contributed by atoms with Gasteiger partial charge in [0.15, 0.2) is 5.11 Å². The van der Waals surface area contributed by atoms with Crippen LogP contribution < -0.4 is 15.8 Å². The second-order valence-corrected chi connectivity index (χ2v) is 5.10. The molecule has 3 N–H and O–H groups in total. The smallest absolute Gasteiger partial charge is 0.198 e. The number of aliphatic imine (C=N–C) groups is 1. The maximum absolute atomic E-state index is 8.77. The molecule has 0 bridgehead atoms. The Bertz CT molecular complexity index is 763. The molecule has 0 fully saturated rings. The zero-order valence-corrected chi connectivity index (χ0v) is 13.4. The molecule has 2 rings (SSSR count). The van der Waals surface area contributed by atoms with E-state index in [0.29, 0.717) is 17.8 Å². The molecule has 0 aliphatic rings. The van der Waals surface area contributed by atoms with E-state index >= 15 is 0 Å².